The minimum Gasteiger partial charge on any atom is -0.373 e. The van der Waals surface area contributed by atoms with E-state index in [1.165, 1.54) is 6.08 Å². The van der Waals surface area contributed by atoms with E-state index in [0.29, 0.717) is 24.5 Å². The normalized spacial score (nSPS) is 12.2. The molecule has 0 radical (unpaired) electrons. The van der Waals surface area contributed by atoms with Gasteiger partial charge in [0.05, 0.1) is 6.17 Å². The molecule has 0 aliphatic heterocycles. The minimum atomic E-state index is -0.184. The third kappa shape index (κ3) is 16.6. The van der Waals surface area contributed by atoms with Gasteiger partial charge in [0.1, 0.15) is 0 Å². The number of carbonyl (C=O) groups excluding carboxylic acids is 1. The predicted molar refractivity (Wildman–Crippen MR) is 111 cm³/mol. The number of hydrogen-bond donors (Lipinski definition) is 3. The van der Waals surface area contributed by atoms with Gasteiger partial charge in [0.15, 0.2) is 0 Å². The lowest BCUT2D eigenvalue weighted by Gasteiger charge is -2.15. The molecule has 1 atom stereocenters. The lowest BCUT2D eigenvalue weighted by atomic mass is 10.2. The summed E-state index contributed by atoms with van der Waals surface area (Å²) in [4.78, 5) is 11.0. The molecule has 0 saturated carbocycles. The maximum absolute atomic E-state index is 11.0. The van der Waals surface area contributed by atoms with Crippen LogP contribution in [0.2, 0.25) is 0 Å². The van der Waals surface area contributed by atoms with Crippen LogP contribution in [0.4, 0.5) is 0 Å². The monoisotopic (exact) mass is 365 g/mol. The zero-order chi connectivity index (χ0) is 19.5. The van der Waals surface area contributed by atoms with Crippen molar-refractivity contribution in [2.24, 2.45) is 0 Å². The molecule has 0 rings (SSSR count). The molecule has 0 fully saturated rings. The van der Waals surface area contributed by atoms with Crippen molar-refractivity contribution in [3.63, 3.8) is 0 Å². The molecule has 4 nitrogen and oxygen atoms in total. The topological polar surface area (TPSA) is 53.2 Å². The van der Waals surface area contributed by atoms with Crippen LogP contribution in [-0.2, 0) is 4.79 Å². The second kappa shape index (κ2) is 18.3. The molecule has 0 aromatic rings. The van der Waals surface area contributed by atoms with Crippen molar-refractivity contribution < 1.29 is 4.79 Å². The summed E-state index contributed by atoms with van der Waals surface area (Å²) in [5.41, 5.74) is 0.917. The first-order chi connectivity index (χ1) is 12.0. The largest absolute Gasteiger partial charge is 0.373 e. The van der Waals surface area contributed by atoms with Crippen LogP contribution in [0.15, 0.2) is 73.0 Å². The van der Waals surface area contributed by atoms with Crippen molar-refractivity contribution in [1.29, 1.82) is 0 Å². The van der Waals surface area contributed by atoms with Gasteiger partial charge in [0.2, 0.25) is 5.91 Å². The van der Waals surface area contributed by atoms with Crippen molar-refractivity contribution in [1.82, 2.24) is 16.0 Å². The maximum atomic E-state index is 11.0. The standard InChI is InChI=1S/C18H26ClN3O.C2H6/c1-5-9-16(19)14-15(4)10-8-11-17(20-7-3)21-12-13-22-18(23)6-2;1-2/h5-9,11,14,17,20-21H,2-4,10,12-13H2,1H3,(H,22,23);1-2H3/b9-5-,11-8+,16-14+;. The molecule has 5 heteroatoms. The summed E-state index contributed by atoms with van der Waals surface area (Å²) in [7, 11) is 0. The molecule has 0 bridgehead atoms. The lowest BCUT2D eigenvalue weighted by Crippen LogP contribution is -2.41. The molecule has 140 valence electrons. The number of hydrogen-bond acceptors (Lipinski definition) is 3. The highest BCUT2D eigenvalue weighted by atomic mass is 35.5. The summed E-state index contributed by atoms with van der Waals surface area (Å²) in [6.45, 7) is 18.1. The summed E-state index contributed by atoms with van der Waals surface area (Å²) >= 11 is 6.00. The Kier molecular flexibility index (Phi) is 18.4. The fourth-order valence-corrected chi connectivity index (χ4v) is 1.89. The molecule has 1 amide bonds. The molecule has 3 N–H and O–H groups in total. The molecule has 0 aliphatic carbocycles. The first kappa shape index (κ1) is 25.2. The van der Waals surface area contributed by atoms with Gasteiger partial charge >= 0.3 is 0 Å². The van der Waals surface area contributed by atoms with E-state index >= 15 is 0 Å². The molecular formula is C20H32ClN3O. The Hall–Kier alpha value is -2.04. The third-order valence-electron chi connectivity index (χ3n) is 2.65. The van der Waals surface area contributed by atoms with Gasteiger partial charge < -0.3 is 10.6 Å². The Balaban J connectivity index is 0. The van der Waals surface area contributed by atoms with Crippen LogP contribution < -0.4 is 16.0 Å². The van der Waals surface area contributed by atoms with Gasteiger partial charge in [-0.3, -0.25) is 10.1 Å². The van der Waals surface area contributed by atoms with Crippen LogP contribution in [-0.4, -0.2) is 25.2 Å². The number of nitrogens with one attached hydrogen (secondary N) is 3. The number of allylic oxidation sites excluding steroid dienone is 6. The van der Waals surface area contributed by atoms with Gasteiger partial charge in [0, 0.05) is 18.1 Å². The summed E-state index contributed by atoms with van der Waals surface area (Å²) in [6, 6.07) is 0. The van der Waals surface area contributed by atoms with Gasteiger partial charge in [-0.15, -0.1) is 0 Å². The van der Waals surface area contributed by atoms with Gasteiger partial charge in [-0.25, -0.2) is 0 Å². The highest BCUT2D eigenvalue weighted by Crippen LogP contribution is 2.10. The van der Waals surface area contributed by atoms with Gasteiger partial charge in [0.25, 0.3) is 0 Å². The van der Waals surface area contributed by atoms with Crippen molar-refractivity contribution in [2.75, 3.05) is 13.1 Å². The average molecular weight is 366 g/mol. The second-order valence-electron chi connectivity index (χ2n) is 4.62. The zero-order valence-electron chi connectivity index (χ0n) is 15.6. The van der Waals surface area contributed by atoms with Crippen molar-refractivity contribution in [2.45, 2.75) is 33.4 Å². The maximum Gasteiger partial charge on any atom is 0.243 e. The molecule has 0 spiro atoms. The first-order valence-corrected chi connectivity index (χ1v) is 8.76. The molecule has 0 heterocycles. The Morgan fingerprint density at radius 3 is 2.48 bits per heavy atom. The van der Waals surface area contributed by atoms with Crippen LogP contribution >= 0.6 is 11.6 Å². The van der Waals surface area contributed by atoms with E-state index in [4.69, 9.17) is 11.6 Å². The Labute approximate surface area is 158 Å². The lowest BCUT2D eigenvalue weighted by molar-refractivity contribution is -0.116. The third-order valence-corrected chi connectivity index (χ3v) is 2.88. The van der Waals surface area contributed by atoms with Crippen LogP contribution in [0.5, 0.6) is 0 Å². The highest BCUT2D eigenvalue weighted by Gasteiger charge is 2.00. The predicted octanol–water partition coefficient (Wildman–Crippen LogP) is 4.16. The smallest absolute Gasteiger partial charge is 0.243 e. The Morgan fingerprint density at radius 2 is 1.92 bits per heavy atom. The molecule has 0 saturated heterocycles. The van der Waals surface area contributed by atoms with E-state index in [9.17, 15) is 4.79 Å². The van der Waals surface area contributed by atoms with E-state index in [1.807, 2.05) is 51.2 Å². The Morgan fingerprint density at radius 1 is 1.24 bits per heavy atom. The zero-order valence-corrected chi connectivity index (χ0v) is 16.4. The molecular weight excluding hydrogens is 334 g/mol. The minimum absolute atomic E-state index is 0.0732. The Bertz CT molecular complexity index is 493. The van der Waals surface area contributed by atoms with E-state index in [1.54, 1.807) is 6.20 Å². The van der Waals surface area contributed by atoms with Crippen molar-refractivity contribution in [3.8, 4) is 0 Å². The van der Waals surface area contributed by atoms with E-state index in [2.05, 4.69) is 35.7 Å². The summed E-state index contributed by atoms with van der Waals surface area (Å²) in [5.74, 6) is -0.184. The molecule has 0 aromatic carbocycles. The van der Waals surface area contributed by atoms with Crippen LogP contribution in [0.25, 0.3) is 0 Å². The summed E-state index contributed by atoms with van der Waals surface area (Å²) in [6.07, 6.45) is 13.0. The molecule has 25 heavy (non-hydrogen) atoms. The number of halogens is 1. The number of rotatable bonds is 12. The highest BCUT2D eigenvalue weighted by molar-refractivity contribution is 6.31. The molecule has 0 aliphatic rings. The summed E-state index contributed by atoms with van der Waals surface area (Å²) in [5, 5.41) is 9.66. The quantitative estimate of drug-likeness (QED) is 0.160. The fraction of sp³-hybridized carbons (Fsp3) is 0.350. The fourth-order valence-electron chi connectivity index (χ4n) is 1.61. The second-order valence-corrected chi connectivity index (χ2v) is 5.05. The van der Waals surface area contributed by atoms with E-state index in [-0.39, 0.29) is 12.1 Å². The summed E-state index contributed by atoms with van der Waals surface area (Å²) < 4.78 is 0. The van der Waals surface area contributed by atoms with E-state index < -0.39 is 0 Å². The molecule has 1 unspecified atom stereocenters. The molecule has 0 aromatic heterocycles. The van der Waals surface area contributed by atoms with Gasteiger partial charge in [-0.05, 0) is 43.3 Å². The van der Waals surface area contributed by atoms with Crippen molar-refractivity contribution in [3.05, 3.63) is 73.0 Å². The SMILES string of the molecule is C=CNC(/C=C/CC(=C)/C=C(Cl)\C=C/C)NCCNC(=O)C=C.CC. The van der Waals surface area contributed by atoms with Crippen LogP contribution in [0, 0.1) is 0 Å². The van der Waals surface area contributed by atoms with Gasteiger partial charge in [-0.2, -0.15) is 0 Å². The van der Waals surface area contributed by atoms with Crippen LogP contribution in [0.3, 0.4) is 0 Å². The van der Waals surface area contributed by atoms with E-state index in [0.717, 1.165) is 5.57 Å². The number of carbonyl (C=O) groups is 1. The average Bonchev–Trinajstić information content (AvgIpc) is 2.60. The van der Waals surface area contributed by atoms with Gasteiger partial charge in [-0.1, -0.05) is 63.4 Å². The van der Waals surface area contributed by atoms with Crippen LogP contribution in [0.1, 0.15) is 27.2 Å². The van der Waals surface area contributed by atoms with Crippen molar-refractivity contribution >= 4 is 17.5 Å². The first-order valence-electron chi connectivity index (χ1n) is 8.38. The number of amides is 1.